The van der Waals surface area contributed by atoms with Gasteiger partial charge in [-0.1, -0.05) is 67.3 Å². The van der Waals surface area contributed by atoms with Gasteiger partial charge in [0, 0.05) is 6.61 Å². The molecule has 0 unspecified atom stereocenters. The van der Waals surface area contributed by atoms with Crippen LogP contribution in [0.3, 0.4) is 0 Å². The van der Waals surface area contributed by atoms with Crippen molar-refractivity contribution in [2.45, 2.75) is 102 Å². The van der Waals surface area contributed by atoms with Crippen molar-refractivity contribution in [3.8, 4) is 0 Å². The Morgan fingerprint density at radius 2 is 1.38 bits per heavy atom. The molecule has 24 heavy (non-hydrogen) atoms. The topological polar surface area (TPSA) is 35.5 Å². The zero-order chi connectivity index (χ0) is 18.5. The van der Waals surface area contributed by atoms with Gasteiger partial charge < -0.3 is 9.16 Å². The Labute approximate surface area is 159 Å². The number of esters is 1. The second kappa shape index (κ2) is 13.3. The van der Waals surface area contributed by atoms with Crippen LogP contribution in [0, 0.1) is 0 Å². The molecule has 0 saturated carbocycles. The summed E-state index contributed by atoms with van der Waals surface area (Å²) in [6.45, 7) is 11.8. The fourth-order valence-corrected chi connectivity index (χ4v) is 4.83. The fraction of sp³-hybridized carbons (Fsp3) is 0.947. The van der Waals surface area contributed by atoms with Crippen LogP contribution in [0.2, 0.25) is 19.1 Å². The number of unbranched alkanes of at least 4 members (excludes halogenated alkanes) is 8. The number of ether oxygens (including phenoxy) is 1. The molecule has 0 fully saturated rings. The zero-order valence-corrected chi connectivity index (χ0v) is 19.2. The lowest BCUT2D eigenvalue weighted by atomic mass is 10.1. The van der Waals surface area contributed by atoms with Gasteiger partial charge in [-0.25, -0.2) is 0 Å². The van der Waals surface area contributed by atoms with Crippen LogP contribution in [0.4, 0.5) is 0 Å². The molecule has 0 radical (unpaired) electrons. The molecule has 0 N–H and O–H groups in total. The third kappa shape index (κ3) is 14.5. The molecule has 0 saturated heterocycles. The molecule has 0 aromatic rings. The first kappa shape index (κ1) is 24.1. The first-order valence-corrected chi connectivity index (χ1v) is 13.6. The molecule has 0 spiro atoms. The summed E-state index contributed by atoms with van der Waals surface area (Å²) in [5.74, 6) is -0.168. The van der Waals surface area contributed by atoms with Gasteiger partial charge in [0.25, 0.3) is 0 Å². The Kier molecular flexibility index (Phi) is 13.4. The highest BCUT2D eigenvalue weighted by molar-refractivity contribution is 9.10. The van der Waals surface area contributed by atoms with Crippen molar-refractivity contribution < 1.29 is 14.0 Å². The summed E-state index contributed by atoms with van der Waals surface area (Å²) in [6.07, 6.45) is 11.4. The number of hydrogen-bond acceptors (Lipinski definition) is 3. The molecule has 0 aromatic heterocycles. The maximum atomic E-state index is 11.5. The van der Waals surface area contributed by atoms with Crippen molar-refractivity contribution in [2.75, 3.05) is 13.2 Å². The molecule has 0 aromatic carbocycles. The Morgan fingerprint density at radius 1 is 0.917 bits per heavy atom. The lowest BCUT2D eigenvalue weighted by Gasteiger charge is -2.21. The van der Waals surface area contributed by atoms with Gasteiger partial charge in [0.2, 0.25) is 0 Å². The van der Waals surface area contributed by atoms with Crippen molar-refractivity contribution >= 4 is 30.2 Å². The third-order valence-corrected chi connectivity index (χ3v) is 7.13. The highest BCUT2D eigenvalue weighted by Gasteiger charge is 2.25. The van der Waals surface area contributed by atoms with Gasteiger partial charge in [-0.3, -0.25) is 4.79 Å². The Bertz CT molecular complexity index is 327. The number of carbonyl (C=O) groups excluding carboxylic acids is 1. The van der Waals surface area contributed by atoms with E-state index < -0.39 is 12.6 Å². The number of alkyl halides is 1. The Balaban J connectivity index is 3.31. The Morgan fingerprint density at radius 3 is 1.83 bits per heavy atom. The van der Waals surface area contributed by atoms with E-state index in [1.807, 2.05) is 13.8 Å². The van der Waals surface area contributed by atoms with E-state index >= 15 is 0 Å². The maximum Gasteiger partial charge on any atom is 0.322 e. The first-order chi connectivity index (χ1) is 11.2. The van der Waals surface area contributed by atoms with Gasteiger partial charge in [0.1, 0.15) is 4.32 Å². The lowest BCUT2D eigenvalue weighted by Crippen LogP contribution is -2.29. The van der Waals surface area contributed by atoms with Crippen molar-refractivity contribution in [3.05, 3.63) is 0 Å². The summed E-state index contributed by atoms with van der Waals surface area (Å²) >= 11 is 3.31. The van der Waals surface area contributed by atoms with Gasteiger partial charge in [-0.05, 0) is 46.3 Å². The summed E-state index contributed by atoms with van der Waals surface area (Å²) in [5.41, 5.74) is 0. The molecule has 0 atom stereocenters. The lowest BCUT2D eigenvalue weighted by molar-refractivity contribution is -0.145. The highest BCUT2D eigenvalue weighted by Crippen LogP contribution is 2.19. The molecule has 0 aliphatic heterocycles. The van der Waals surface area contributed by atoms with Gasteiger partial charge in [-0.15, -0.1) is 0 Å². The van der Waals surface area contributed by atoms with Gasteiger partial charge >= 0.3 is 5.97 Å². The standard InChI is InChI=1S/C19H39BrO3Si/c1-6-23-24(4,5)17-15-13-11-9-7-8-10-12-14-16-22-18(21)19(2,3)20/h6-17H2,1-5H3. The van der Waals surface area contributed by atoms with E-state index in [-0.39, 0.29) is 5.97 Å². The molecule has 0 rings (SSSR count). The summed E-state index contributed by atoms with van der Waals surface area (Å²) in [5, 5.41) is 0. The van der Waals surface area contributed by atoms with E-state index in [1.54, 1.807) is 0 Å². The van der Waals surface area contributed by atoms with E-state index in [0.29, 0.717) is 6.61 Å². The van der Waals surface area contributed by atoms with Crippen LogP contribution in [0.15, 0.2) is 0 Å². The minimum absolute atomic E-state index is 0.168. The van der Waals surface area contributed by atoms with Crippen LogP contribution in [0.5, 0.6) is 0 Å². The molecular weight excluding hydrogens is 384 g/mol. The average Bonchev–Trinajstić information content (AvgIpc) is 2.47. The quantitative estimate of drug-likeness (QED) is 0.131. The number of halogens is 1. The largest absolute Gasteiger partial charge is 0.465 e. The minimum atomic E-state index is -1.36. The SMILES string of the molecule is CCO[Si](C)(C)CCCCCCCCCCCOC(=O)C(C)(C)Br. The van der Waals surface area contributed by atoms with E-state index in [9.17, 15) is 4.79 Å². The van der Waals surface area contributed by atoms with Crippen molar-refractivity contribution in [1.29, 1.82) is 0 Å². The monoisotopic (exact) mass is 422 g/mol. The van der Waals surface area contributed by atoms with E-state index in [1.165, 1.54) is 51.0 Å². The summed E-state index contributed by atoms with van der Waals surface area (Å²) < 4.78 is 10.5. The number of hydrogen-bond donors (Lipinski definition) is 0. The third-order valence-electron chi connectivity index (χ3n) is 4.18. The highest BCUT2D eigenvalue weighted by atomic mass is 79.9. The van der Waals surface area contributed by atoms with Crippen molar-refractivity contribution in [2.24, 2.45) is 0 Å². The van der Waals surface area contributed by atoms with Crippen LogP contribution >= 0.6 is 15.9 Å². The van der Waals surface area contributed by atoms with Crippen molar-refractivity contribution in [1.82, 2.24) is 0 Å². The number of carbonyl (C=O) groups is 1. The smallest absolute Gasteiger partial charge is 0.322 e. The molecule has 3 nitrogen and oxygen atoms in total. The average molecular weight is 424 g/mol. The van der Waals surface area contributed by atoms with E-state index in [0.717, 1.165) is 19.4 Å². The normalized spacial score (nSPS) is 12.4. The molecule has 0 bridgehead atoms. The van der Waals surface area contributed by atoms with Crippen molar-refractivity contribution in [3.63, 3.8) is 0 Å². The summed E-state index contributed by atoms with van der Waals surface area (Å²) in [6, 6.07) is 1.30. The minimum Gasteiger partial charge on any atom is -0.465 e. The Hall–Kier alpha value is 0.127. The van der Waals surface area contributed by atoms with E-state index in [4.69, 9.17) is 9.16 Å². The van der Waals surface area contributed by atoms with Gasteiger partial charge in [-0.2, -0.15) is 0 Å². The maximum absolute atomic E-state index is 11.5. The van der Waals surface area contributed by atoms with Crippen LogP contribution in [0.25, 0.3) is 0 Å². The van der Waals surface area contributed by atoms with Gasteiger partial charge in [0.05, 0.1) is 6.61 Å². The summed E-state index contributed by atoms with van der Waals surface area (Å²) in [4.78, 5) is 11.5. The molecule has 0 aliphatic carbocycles. The molecule has 0 aliphatic rings. The second-order valence-corrected chi connectivity index (χ2v) is 14.0. The fourth-order valence-electron chi connectivity index (χ4n) is 2.69. The molecule has 144 valence electrons. The molecule has 0 amide bonds. The number of rotatable bonds is 15. The van der Waals surface area contributed by atoms with Gasteiger partial charge in [0.15, 0.2) is 8.32 Å². The predicted octanol–water partition coefficient (Wildman–Crippen LogP) is 6.46. The van der Waals surface area contributed by atoms with Crippen LogP contribution in [-0.4, -0.2) is 31.8 Å². The van der Waals surface area contributed by atoms with Crippen LogP contribution in [-0.2, 0) is 14.0 Å². The zero-order valence-electron chi connectivity index (χ0n) is 16.6. The first-order valence-electron chi connectivity index (χ1n) is 9.69. The molecule has 5 heteroatoms. The second-order valence-electron chi connectivity index (χ2n) is 7.73. The summed E-state index contributed by atoms with van der Waals surface area (Å²) in [7, 11) is -1.36. The van der Waals surface area contributed by atoms with E-state index in [2.05, 4.69) is 35.9 Å². The van der Waals surface area contributed by atoms with Crippen LogP contribution < -0.4 is 0 Å². The molecule has 0 heterocycles. The molecular formula is C19H39BrO3Si. The predicted molar refractivity (Wildman–Crippen MR) is 109 cm³/mol. The van der Waals surface area contributed by atoms with Crippen LogP contribution in [0.1, 0.15) is 78.6 Å².